The molecule has 0 spiro atoms. The van der Waals surface area contributed by atoms with E-state index in [9.17, 15) is 4.79 Å². The first-order chi connectivity index (χ1) is 8.24. The van der Waals surface area contributed by atoms with Crippen molar-refractivity contribution in [2.24, 2.45) is 0 Å². The molecule has 1 aromatic carbocycles. The molecule has 1 aliphatic rings. The van der Waals surface area contributed by atoms with Gasteiger partial charge in [-0.25, -0.2) is 4.79 Å². The molecule has 0 unspecified atom stereocenters. The van der Waals surface area contributed by atoms with Crippen molar-refractivity contribution in [3.05, 3.63) is 44.8 Å². The number of benzene rings is 1. The van der Waals surface area contributed by atoms with Crippen molar-refractivity contribution in [3.63, 3.8) is 0 Å². The van der Waals surface area contributed by atoms with E-state index >= 15 is 0 Å². The SMILES string of the molecule is O=c1nc2c(c(-c3cccc(Br)c3)[nH]1)CCN2. The first-order valence-electron chi connectivity index (χ1n) is 5.37. The van der Waals surface area contributed by atoms with Crippen LogP contribution in [0.3, 0.4) is 0 Å². The first-order valence-corrected chi connectivity index (χ1v) is 6.16. The van der Waals surface area contributed by atoms with Gasteiger partial charge in [-0.2, -0.15) is 4.98 Å². The lowest BCUT2D eigenvalue weighted by molar-refractivity contribution is 1.06. The molecule has 2 N–H and O–H groups in total. The van der Waals surface area contributed by atoms with Crippen molar-refractivity contribution < 1.29 is 0 Å². The number of nitrogens with zero attached hydrogens (tertiary/aromatic N) is 1. The van der Waals surface area contributed by atoms with Crippen LogP contribution in [0.5, 0.6) is 0 Å². The monoisotopic (exact) mass is 291 g/mol. The van der Waals surface area contributed by atoms with Crippen molar-refractivity contribution >= 4 is 21.7 Å². The van der Waals surface area contributed by atoms with E-state index in [0.717, 1.165) is 34.3 Å². The second-order valence-electron chi connectivity index (χ2n) is 3.93. The minimum atomic E-state index is -0.312. The summed E-state index contributed by atoms with van der Waals surface area (Å²) in [6, 6.07) is 7.88. The van der Waals surface area contributed by atoms with Gasteiger partial charge in [-0.3, -0.25) is 0 Å². The molecule has 4 nitrogen and oxygen atoms in total. The Morgan fingerprint density at radius 3 is 3.06 bits per heavy atom. The third-order valence-corrected chi connectivity index (χ3v) is 3.31. The van der Waals surface area contributed by atoms with E-state index < -0.39 is 0 Å². The van der Waals surface area contributed by atoms with Gasteiger partial charge in [-0.15, -0.1) is 0 Å². The average molecular weight is 292 g/mol. The molecule has 2 heterocycles. The van der Waals surface area contributed by atoms with Gasteiger partial charge in [0.05, 0.1) is 5.69 Å². The fraction of sp³-hybridized carbons (Fsp3) is 0.167. The second kappa shape index (κ2) is 4.00. The van der Waals surface area contributed by atoms with Crippen LogP contribution in [0, 0.1) is 0 Å². The summed E-state index contributed by atoms with van der Waals surface area (Å²) in [4.78, 5) is 18.2. The standard InChI is InChI=1S/C12H10BrN3O/c13-8-3-1-2-7(6-8)10-9-4-5-14-11(9)16-12(17)15-10/h1-3,6H,4-5H2,(H2,14,15,16,17). The Morgan fingerprint density at radius 1 is 1.35 bits per heavy atom. The van der Waals surface area contributed by atoms with Crippen LogP contribution < -0.4 is 11.0 Å². The van der Waals surface area contributed by atoms with Gasteiger partial charge in [-0.05, 0) is 24.1 Å². The molecule has 17 heavy (non-hydrogen) atoms. The summed E-state index contributed by atoms with van der Waals surface area (Å²) in [5.41, 5.74) is 2.64. The summed E-state index contributed by atoms with van der Waals surface area (Å²) < 4.78 is 0.993. The van der Waals surface area contributed by atoms with E-state index in [1.54, 1.807) is 0 Å². The molecule has 1 aliphatic heterocycles. The lowest BCUT2D eigenvalue weighted by Gasteiger charge is -2.07. The van der Waals surface area contributed by atoms with Crippen LogP contribution in [0.4, 0.5) is 5.82 Å². The third kappa shape index (κ3) is 1.86. The van der Waals surface area contributed by atoms with E-state index in [4.69, 9.17) is 0 Å². The number of halogens is 1. The van der Waals surface area contributed by atoms with Gasteiger partial charge in [0.25, 0.3) is 0 Å². The molecule has 0 saturated carbocycles. The zero-order chi connectivity index (χ0) is 11.8. The quantitative estimate of drug-likeness (QED) is 0.847. The molecule has 1 aromatic heterocycles. The molecular weight excluding hydrogens is 282 g/mol. The molecule has 0 amide bonds. The van der Waals surface area contributed by atoms with Gasteiger partial charge in [0.15, 0.2) is 0 Å². The van der Waals surface area contributed by atoms with E-state index in [0.29, 0.717) is 5.82 Å². The Labute approximate surface area is 106 Å². The number of hydrogen-bond donors (Lipinski definition) is 2. The zero-order valence-electron chi connectivity index (χ0n) is 8.96. The molecule has 0 aliphatic carbocycles. The molecule has 2 aromatic rings. The highest BCUT2D eigenvalue weighted by Gasteiger charge is 2.18. The number of fused-ring (bicyclic) bond motifs is 1. The van der Waals surface area contributed by atoms with E-state index in [1.807, 2.05) is 24.3 Å². The Bertz CT molecular complexity index is 636. The number of aromatic amines is 1. The van der Waals surface area contributed by atoms with E-state index in [2.05, 4.69) is 31.2 Å². The molecule has 5 heteroatoms. The molecule has 0 bridgehead atoms. The summed E-state index contributed by atoms with van der Waals surface area (Å²) in [7, 11) is 0. The Balaban J connectivity index is 2.24. The van der Waals surface area contributed by atoms with Gasteiger partial charge in [0.1, 0.15) is 5.82 Å². The predicted molar refractivity (Wildman–Crippen MR) is 70.2 cm³/mol. The number of aromatic nitrogens is 2. The maximum absolute atomic E-state index is 11.5. The Hall–Kier alpha value is -1.62. The number of hydrogen-bond acceptors (Lipinski definition) is 3. The summed E-state index contributed by atoms with van der Waals surface area (Å²) in [6.07, 6.45) is 0.890. The van der Waals surface area contributed by atoms with Crippen LogP contribution in [0.15, 0.2) is 33.5 Å². The molecular formula is C12H10BrN3O. The third-order valence-electron chi connectivity index (χ3n) is 2.81. The van der Waals surface area contributed by atoms with Gasteiger partial charge >= 0.3 is 5.69 Å². The minimum absolute atomic E-state index is 0.312. The topological polar surface area (TPSA) is 57.8 Å². The Kier molecular flexibility index (Phi) is 2.48. The van der Waals surface area contributed by atoms with E-state index in [-0.39, 0.29) is 5.69 Å². The highest BCUT2D eigenvalue weighted by Crippen LogP contribution is 2.29. The van der Waals surface area contributed by atoms with Gasteiger partial charge in [-0.1, -0.05) is 28.1 Å². The highest BCUT2D eigenvalue weighted by atomic mass is 79.9. The molecule has 86 valence electrons. The summed E-state index contributed by atoms with van der Waals surface area (Å²) in [5, 5.41) is 3.12. The summed E-state index contributed by atoms with van der Waals surface area (Å²) in [6.45, 7) is 0.834. The van der Waals surface area contributed by atoms with Gasteiger partial charge in [0.2, 0.25) is 0 Å². The summed E-state index contributed by atoms with van der Waals surface area (Å²) in [5.74, 6) is 0.712. The molecule has 0 saturated heterocycles. The number of rotatable bonds is 1. The van der Waals surface area contributed by atoms with Crippen LogP contribution in [0.1, 0.15) is 5.56 Å². The maximum Gasteiger partial charge on any atom is 0.347 e. The van der Waals surface area contributed by atoms with Crippen LogP contribution in [-0.4, -0.2) is 16.5 Å². The summed E-state index contributed by atoms with van der Waals surface area (Å²) >= 11 is 3.44. The van der Waals surface area contributed by atoms with Crippen LogP contribution in [0.25, 0.3) is 11.3 Å². The normalized spacial score (nSPS) is 13.2. The van der Waals surface area contributed by atoms with Crippen LogP contribution in [-0.2, 0) is 6.42 Å². The first kappa shape index (κ1) is 10.5. The van der Waals surface area contributed by atoms with Gasteiger partial charge < -0.3 is 10.3 Å². The lowest BCUT2D eigenvalue weighted by atomic mass is 10.1. The van der Waals surface area contributed by atoms with Gasteiger partial charge in [0, 0.05) is 16.6 Å². The van der Waals surface area contributed by atoms with Crippen LogP contribution >= 0.6 is 15.9 Å². The van der Waals surface area contributed by atoms with Crippen molar-refractivity contribution in [3.8, 4) is 11.3 Å². The minimum Gasteiger partial charge on any atom is -0.369 e. The molecule has 0 radical (unpaired) electrons. The zero-order valence-corrected chi connectivity index (χ0v) is 10.5. The number of H-pyrrole nitrogens is 1. The van der Waals surface area contributed by atoms with Crippen LogP contribution in [0.2, 0.25) is 0 Å². The molecule has 0 atom stereocenters. The molecule has 3 rings (SSSR count). The number of nitrogens with one attached hydrogen (secondary N) is 2. The fourth-order valence-corrected chi connectivity index (χ4v) is 2.48. The number of anilines is 1. The maximum atomic E-state index is 11.5. The van der Waals surface area contributed by atoms with E-state index in [1.165, 1.54) is 0 Å². The highest BCUT2D eigenvalue weighted by molar-refractivity contribution is 9.10. The predicted octanol–water partition coefficient (Wildman–Crippen LogP) is 2.17. The smallest absolute Gasteiger partial charge is 0.347 e. The van der Waals surface area contributed by atoms with Crippen molar-refractivity contribution in [1.82, 2.24) is 9.97 Å². The molecule has 0 fully saturated rings. The second-order valence-corrected chi connectivity index (χ2v) is 4.85. The van der Waals surface area contributed by atoms with Crippen molar-refractivity contribution in [2.75, 3.05) is 11.9 Å². The van der Waals surface area contributed by atoms with Crippen molar-refractivity contribution in [1.29, 1.82) is 0 Å². The Morgan fingerprint density at radius 2 is 2.24 bits per heavy atom. The fourth-order valence-electron chi connectivity index (χ4n) is 2.08. The largest absolute Gasteiger partial charge is 0.369 e. The van der Waals surface area contributed by atoms with Crippen molar-refractivity contribution in [2.45, 2.75) is 6.42 Å². The average Bonchev–Trinajstić information content (AvgIpc) is 2.75. The lowest BCUT2D eigenvalue weighted by Crippen LogP contribution is -2.13.